The van der Waals surface area contributed by atoms with Gasteiger partial charge in [0.1, 0.15) is 5.75 Å². The Bertz CT molecular complexity index is 1000. The van der Waals surface area contributed by atoms with E-state index < -0.39 is 0 Å². The predicted octanol–water partition coefficient (Wildman–Crippen LogP) is 5.68. The minimum Gasteiger partial charge on any atom is -0.492 e. The van der Waals surface area contributed by atoms with Gasteiger partial charge in [-0.2, -0.15) is 0 Å². The van der Waals surface area contributed by atoms with Crippen LogP contribution in [0.25, 0.3) is 0 Å². The van der Waals surface area contributed by atoms with E-state index in [1.807, 2.05) is 24.3 Å². The zero-order chi connectivity index (χ0) is 21.8. The van der Waals surface area contributed by atoms with Crippen LogP contribution in [-0.4, -0.2) is 41.6 Å². The third-order valence-corrected chi connectivity index (χ3v) is 7.77. The average molecular weight is 460 g/mol. The number of hydrogen-bond acceptors (Lipinski definition) is 3. The smallest absolute Gasteiger partial charge is 0.322 e. The molecular weight excluding hydrogens is 433 g/mol. The zero-order valence-electron chi connectivity index (χ0n) is 17.9. The molecule has 31 heavy (non-hydrogen) atoms. The standard InChI is InChI=1S/C24H27Cl2N3O2/c1-15(2)28-7-5-24(6-8-28)14-31-22-4-3-18(11-19(22)24)27-23(30)29-12-16-9-20(25)21(26)10-17(16)13-29/h3-4,9-11,15H,5-8,12-14H2,1-2H3,(H,27,30). The van der Waals surface area contributed by atoms with E-state index in [4.69, 9.17) is 27.9 Å². The fraction of sp³-hybridized carbons (Fsp3) is 0.458. The lowest BCUT2D eigenvalue weighted by atomic mass is 9.74. The van der Waals surface area contributed by atoms with Crippen molar-refractivity contribution in [2.24, 2.45) is 0 Å². The lowest BCUT2D eigenvalue weighted by molar-refractivity contribution is 0.112. The molecule has 1 N–H and O–H groups in total. The van der Waals surface area contributed by atoms with Crippen LogP contribution in [-0.2, 0) is 18.5 Å². The highest BCUT2D eigenvalue weighted by atomic mass is 35.5. The molecule has 5 rings (SSSR count). The zero-order valence-corrected chi connectivity index (χ0v) is 19.4. The van der Waals surface area contributed by atoms with Gasteiger partial charge < -0.3 is 19.9 Å². The van der Waals surface area contributed by atoms with Crippen molar-refractivity contribution in [2.45, 2.75) is 51.2 Å². The summed E-state index contributed by atoms with van der Waals surface area (Å²) in [7, 11) is 0. The molecule has 3 heterocycles. The Morgan fingerprint density at radius 2 is 1.71 bits per heavy atom. The minimum atomic E-state index is -0.119. The van der Waals surface area contributed by atoms with E-state index in [0.29, 0.717) is 29.2 Å². The number of piperidine rings is 1. The number of urea groups is 1. The Labute approximate surface area is 193 Å². The fourth-order valence-electron chi connectivity index (χ4n) is 5.06. The van der Waals surface area contributed by atoms with Crippen molar-refractivity contribution in [3.05, 3.63) is 57.1 Å². The first kappa shape index (κ1) is 20.9. The summed E-state index contributed by atoms with van der Waals surface area (Å²) in [6.07, 6.45) is 2.16. The molecular formula is C24H27Cl2N3O2. The first-order valence-corrected chi connectivity index (χ1v) is 11.6. The summed E-state index contributed by atoms with van der Waals surface area (Å²) >= 11 is 12.3. The number of carbonyl (C=O) groups is 1. The van der Waals surface area contributed by atoms with E-state index in [1.165, 1.54) is 5.56 Å². The van der Waals surface area contributed by atoms with E-state index in [0.717, 1.165) is 55.1 Å². The van der Waals surface area contributed by atoms with E-state index in [-0.39, 0.29) is 11.4 Å². The number of carbonyl (C=O) groups excluding carboxylic acids is 1. The van der Waals surface area contributed by atoms with Crippen molar-refractivity contribution in [3.63, 3.8) is 0 Å². The lowest BCUT2D eigenvalue weighted by Gasteiger charge is -2.40. The molecule has 0 atom stereocenters. The SMILES string of the molecule is CC(C)N1CCC2(CC1)COc1ccc(NC(=O)N3Cc4cc(Cl)c(Cl)cc4C3)cc12. The second-order valence-corrected chi connectivity index (χ2v) is 10.0. The molecule has 3 aliphatic heterocycles. The topological polar surface area (TPSA) is 44.8 Å². The van der Waals surface area contributed by atoms with Crippen LogP contribution in [0.5, 0.6) is 5.75 Å². The average Bonchev–Trinajstić information content (AvgIpc) is 3.31. The van der Waals surface area contributed by atoms with Crippen molar-refractivity contribution < 1.29 is 9.53 Å². The van der Waals surface area contributed by atoms with Crippen LogP contribution < -0.4 is 10.1 Å². The summed E-state index contributed by atoms with van der Waals surface area (Å²) in [6.45, 7) is 8.45. The number of fused-ring (bicyclic) bond motifs is 3. The Balaban J connectivity index is 1.30. The lowest BCUT2D eigenvalue weighted by Crippen LogP contribution is -2.46. The second-order valence-electron chi connectivity index (χ2n) is 9.23. The Morgan fingerprint density at radius 3 is 2.32 bits per heavy atom. The molecule has 0 saturated carbocycles. The summed E-state index contributed by atoms with van der Waals surface area (Å²) in [5, 5.41) is 4.13. The van der Waals surface area contributed by atoms with Gasteiger partial charge in [-0.3, -0.25) is 0 Å². The van der Waals surface area contributed by atoms with Crippen molar-refractivity contribution in [1.82, 2.24) is 9.80 Å². The molecule has 164 valence electrons. The summed E-state index contributed by atoms with van der Waals surface area (Å²) in [6, 6.07) is 10.2. The first-order chi connectivity index (χ1) is 14.8. The molecule has 3 aliphatic rings. The fourth-order valence-corrected chi connectivity index (χ4v) is 5.43. The Hall–Kier alpha value is -1.95. The number of nitrogens with one attached hydrogen (secondary N) is 1. The van der Waals surface area contributed by atoms with E-state index in [9.17, 15) is 4.79 Å². The highest BCUT2D eigenvalue weighted by Gasteiger charge is 2.43. The van der Waals surface area contributed by atoms with Crippen molar-refractivity contribution >= 4 is 34.9 Å². The van der Waals surface area contributed by atoms with Gasteiger partial charge in [0.2, 0.25) is 0 Å². The molecule has 0 radical (unpaired) electrons. The van der Waals surface area contributed by atoms with Gasteiger partial charge in [0, 0.05) is 35.8 Å². The van der Waals surface area contributed by atoms with Crippen molar-refractivity contribution in [1.29, 1.82) is 0 Å². The molecule has 2 aromatic rings. The van der Waals surface area contributed by atoms with Gasteiger partial charge in [0.15, 0.2) is 0 Å². The molecule has 1 fully saturated rings. The predicted molar refractivity (Wildman–Crippen MR) is 124 cm³/mol. The van der Waals surface area contributed by atoms with Gasteiger partial charge in [-0.25, -0.2) is 4.79 Å². The summed E-state index contributed by atoms with van der Waals surface area (Å²) in [5.41, 5.74) is 4.19. The van der Waals surface area contributed by atoms with Gasteiger partial charge in [0.05, 0.1) is 16.7 Å². The molecule has 0 aromatic heterocycles. The van der Waals surface area contributed by atoms with Gasteiger partial charge in [-0.15, -0.1) is 0 Å². The number of rotatable bonds is 2. The van der Waals surface area contributed by atoms with Gasteiger partial charge in [-0.05, 0) is 81.2 Å². The second kappa shape index (κ2) is 7.88. The molecule has 2 aromatic carbocycles. The van der Waals surface area contributed by atoms with Gasteiger partial charge in [-0.1, -0.05) is 23.2 Å². The summed E-state index contributed by atoms with van der Waals surface area (Å²) < 4.78 is 6.05. The molecule has 1 spiro atoms. The number of amides is 2. The highest BCUT2D eigenvalue weighted by molar-refractivity contribution is 6.42. The number of benzene rings is 2. The first-order valence-electron chi connectivity index (χ1n) is 10.9. The maximum absolute atomic E-state index is 12.9. The molecule has 0 aliphatic carbocycles. The molecule has 5 nitrogen and oxygen atoms in total. The normalized spacial score (nSPS) is 19.5. The summed E-state index contributed by atoms with van der Waals surface area (Å²) in [4.78, 5) is 17.3. The Kier molecular flexibility index (Phi) is 5.32. The van der Waals surface area contributed by atoms with Crippen LogP contribution in [0.3, 0.4) is 0 Å². The van der Waals surface area contributed by atoms with Crippen LogP contribution in [0, 0.1) is 0 Å². The molecule has 2 amide bonds. The largest absolute Gasteiger partial charge is 0.492 e. The summed E-state index contributed by atoms with van der Waals surface area (Å²) in [5.74, 6) is 0.953. The van der Waals surface area contributed by atoms with Gasteiger partial charge in [0.25, 0.3) is 0 Å². The van der Waals surface area contributed by atoms with Crippen molar-refractivity contribution in [2.75, 3.05) is 25.0 Å². The number of nitrogens with zero attached hydrogens (tertiary/aromatic N) is 2. The minimum absolute atomic E-state index is 0.0544. The number of anilines is 1. The number of hydrogen-bond donors (Lipinski definition) is 1. The van der Waals surface area contributed by atoms with Crippen LogP contribution in [0.2, 0.25) is 10.0 Å². The van der Waals surface area contributed by atoms with E-state index >= 15 is 0 Å². The van der Waals surface area contributed by atoms with Crippen LogP contribution in [0.1, 0.15) is 43.4 Å². The molecule has 0 unspecified atom stereocenters. The molecule has 1 saturated heterocycles. The van der Waals surface area contributed by atoms with Gasteiger partial charge >= 0.3 is 6.03 Å². The van der Waals surface area contributed by atoms with Crippen LogP contribution in [0.4, 0.5) is 10.5 Å². The maximum atomic E-state index is 12.9. The maximum Gasteiger partial charge on any atom is 0.322 e. The van der Waals surface area contributed by atoms with E-state index in [2.05, 4.69) is 30.1 Å². The quantitative estimate of drug-likeness (QED) is 0.628. The van der Waals surface area contributed by atoms with E-state index in [1.54, 1.807) is 4.90 Å². The van der Waals surface area contributed by atoms with Crippen LogP contribution in [0.15, 0.2) is 30.3 Å². The Morgan fingerprint density at radius 1 is 1.06 bits per heavy atom. The molecule has 0 bridgehead atoms. The third kappa shape index (κ3) is 3.77. The number of likely N-dealkylation sites (tertiary alicyclic amines) is 1. The number of halogens is 2. The monoisotopic (exact) mass is 459 g/mol. The highest BCUT2D eigenvalue weighted by Crippen LogP contribution is 2.46. The van der Waals surface area contributed by atoms with Crippen LogP contribution >= 0.6 is 23.2 Å². The number of ether oxygens (including phenoxy) is 1. The van der Waals surface area contributed by atoms with Crippen molar-refractivity contribution in [3.8, 4) is 5.75 Å². The third-order valence-electron chi connectivity index (χ3n) is 7.04. The molecule has 7 heteroatoms.